The van der Waals surface area contributed by atoms with Gasteiger partial charge in [0.2, 0.25) is 0 Å². The fraction of sp³-hybridized carbons (Fsp3) is 0.304. The van der Waals surface area contributed by atoms with Gasteiger partial charge in [-0.3, -0.25) is 9.89 Å². The highest BCUT2D eigenvalue weighted by Crippen LogP contribution is 2.28. The number of aromatic amines is 1. The van der Waals surface area contributed by atoms with Crippen LogP contribution in [0.5, 0.6) is 0 Å². The number of nitrogens with one attached hydrogen (secondary N) is 2. The Morgan fingerprint density at radius 2 is 1.93 bits per heavy atom. The summed E-state index contributed by atoms with van der Waals surface area (Å²) < 4.78 is 5.11. The molecule has 30 heavy (non-hydrogen) atoms. The number of carbonyl (C=O) groups is 1. The third-order valence-corrected chi connectivity index (χ3v) is 5.06. The summed E-state index contributed by atoms with van der Waals surface area (Å²) in [6, 6.07) is 12.4. The van der Waals surface area contributed by atoms with Gasteiger partial charge in [-0.05, 0) is 43.2 Å². The van der Waals surface area contributed by atoms with Gasteiger partial charge in [0.25, 0.3) is 0 Å². The molecule has 4 aromatic rings. The summed E-state index contributed by atoms with van der Waals surface area (Å²) in [7, 11) is 0. The zero-order valence-electron chi connectivity index (χ0n) is 17.8. The Morgan fingerprint density at radius 1 is 1.13 bits per heavy atom. The molecule has 0 saturated heterocycles. The predicted molar refractivity (Wildman–Crippen MR) is 115 cm³/mol. The molecule has 0 aliphatic heterocycles. The topological polar surface area (TPSA) is 96.7 Å². The predicted octanol–water partition coefficient (Wildman–Crippen LogP) is 4.46. The van der Waals surface area contributed by atoms with Crippen LogP contribution in [0, 0.1) is 13.8 Å². The smallest absolute Gasteiger partial charge is 0.315 e. The van der Waals surface area contributed by atoms with Gasteiger partial charge in [0.15, 0.2) is 5.82 Å². The number of aryl methyl sites for hydroxylation is 2. The molecule has 0 spiro atoms. The molecule has 0 bridgehead atoms. The van der Waals surface area contributed by atoms with E-state index < -0.39 is 0 Å². The molecule has 0 atom stereocenters. The third-order valence-electron chi connectivity index (χ3n) is 5.06. The maximum atomic E-state index is 12.4. The monoisotopic (exact) mass is 403 g/mol. The van der Waals surface area contributed by atoms with Crippen molar-refractivity contribution in [2.24, 2.45) is 0 Å². The third kappa shape index (κ3) is 3.83. The van der Waals surface area contributed by atoms with Crippen LogP contribution in [0.4, 0.5) is 0 Å². The van der Waals surface area contributed by atoms with E-state index in [1.54, 1.807) is 0 Å². The van der Waals surface area contributed by atoms with Crippen LogP contribution in [0.15, 0.2) is 40.9 Å². The van der Waals surface area contributed by atoms with Crippen molar-refractivity contribution in [2.45, 2.75) is 46.6 Å². The van der Waals surface area contributed by atoms with E-state index in [-0.39, 0.29) is 17.2 Å². The summed E-state index contributed by atoms with van der Waals surface area (Å²) in [5.41, 5.74) is 5.97. The highest BCUT2D eigenvalue weighted by Gasteiger charge is 2.23. The number of hydrogen-bond acceptors (Lipinski definition) is 5. The number of nitrogens with zero attached hydrogens (tertiary/aromatic N) is 3. The van der Waals surface area contributed by atoms with Gasteiger partial charge in [0.1, 0.15) is 0 Å². The molecule has 7 nitrogen and oxygen atoms in total. The highest BCUT2D eigenvalue weighted by atomic mass is 16.5. The first kappa shape index (κ1) is 19.8. The Bertz CT molecular complexity index is 1230. The summed E-state index contributed by atoms with van der Waals surface area (Å²) in [6.07, 6.45) is 0. The number of rotatable bonds is 4. The fourth-order valence-electron chi connectivity index (χ4n) is 3.26. The van der Waals surface area contributed by atoms with E-state index >= 15 is 0 Å². The van der Waals surface area contributed by atoms with Crippen LogP contribution in [0.2, 0.25) is 0 Å². The second kappa shape index (κ2) is 7.40. The van der Waals surface area contributed by atoms with Crippen molar-refractivity contribution in [3.63, 3.8) is 0 Å². The number of fused-ring (bicyclic) bond motifs is 1. The van der Waals surface area contributed by atoms with Gasteiger partial charge in [-0.15, -0.1) is 0 Å². The number of carbonyl (C=O) groups excluding carboxylic acids is 1. The molecule has 0 aliphatic rings. The molecule has 2 N–H and O–H groups in total. The summed E-state index contributed by atoms with van der Waals surface area (Å²) in [4.78, 5) is 16.6. The summed E-state index contributed by atoms with van der Waals surface area (Å²) in [5.74, 6) is 0.109. The molecule has 0 saturated carbocycles. The van der Waals surface area contributed by atoms with Crippen molar-refractivity contribution in [3.8, 4) is 11.3 Å². The fourth-order valence-corrected chi connectivity index (χ4v) is 3.26. The van der Waals surface area contributed by atoms with Crippen LogP contribution in [-0.2, 0) is 12.0 Å². The molecule has 154 valence electrons. The lowest BCUT2D eigenvalue weighted by molar-refractivity contribution is 0.0907. The van der Waals surface area contributed by atoms with Gasteiger partial charge in [0, 0.05) is 22.9 Å². The molecule has 2 aromatic heterocycles. The van der Waals surface area contributed by atoms with Crippen LogP contribution in [-0.4, -0.2) is 26.2 Å². The summed E-state index contributed by atoms with van der Waals surface area (Å²) >= 11 is 0. The molecule has 0 fully saturated rings. The average Bonchev–Trinajstić information content (AvgIpc) is 3.34. The minimum absolute atomic E-state index is 0.0208. The van der Waals surface area contributed by atoms with E-state index in [9.17, 15) is 4.79 Å². The van der Waals surface area contributed by atoms with E-state index in [1.165, 1.54) is 5.56 Å². The van der Waals surface area contributed by atoms with Gasteiger partial charge < -0.3 is 9.84 Å². The van der Waals surface area contributed by atoms with Crippen LogP contribution in [0.1, 0.15) is 54.0 Å². The standard InChI is InChI=1S/C23H25N5O2/c1-13-6-9-18-17(10-13)19(27-26-18)15-7-8-16(14(2)11-15)12-24-20(29)21-25-22(28-30-21)23(3,4)5/h6-11H,12H2,1-5H3,(H,24,29)(H,26,27). The van der Waals surface area contributed by atoms with Crippen LogP contribution < -0.4 is 5.32 Å². The molecule has 2 heterocycles. The Balaban J connectivity index is 1.50. The molecule has 2 aromatic carbocycles. The quantitative estimate of drug-likeness (QED) is 0.524. The van der Waals surface area contributed by atoms with Crippen molar-refractivity contribution in [2.75, 3.05) is 0 Å². The molecule has 7 heteroatoms. The van der Waals surface area contributed by atoms with Gasteiger partial charge in [-0.2, -0.15) is 10.1 Å². The van der Waals surface area contributed by atoms with Crippen LogP contribution >= 0.6 is 0 Å². The Labute approximate surface area is 174 Å². The summed E-state index contributed by atoms with van der Waals surface area (Å²) in [5, 5.41) is 15.4. The number of H-pyrrole nitrogens is 1. The van der Waals surface area contributed by atoms with Gasteiger partial charge >= 0.3 is 11.8 Å². The van der Waals surface area contributed by atoms with Crippen LogP contribution in [0.3, 0.4) is 0 Å². The SMILES string of the molecule is Cc1ccc2[nH]nc(-c3ccc(CNC(=O)c4nc(C(C)(C)C)no4)c(C)c3)c2c1. The number of amides is 1. The van der Waals surface area contributed by atoms with Crippen molar-refractivity contribution in [3.05, 3.63) is 64.8 Å². The van der Waals surface area contributed by atoms with Crippen molar-refractivity contribution in [1.82, 2.24) is 25.7 Å². The Kier molecular flexibility index (Phi) is 4.89. The number of benzene rings is 2. The second-order valence-corrected chi connectivity index (χ2v) is 8.62. The largest absolute Gasteiger partial charge is 0.344 e. The van der Waals surface area contributed by atoms with E-state index in [0.29, 0.717) is 12.4 Å². The first-order chi connectivity index (χ1) is 14.2. The lowest BCUT2D eigenvalue weighted by Gasteiger charge is -2.11. The molecular weight excluding hydrogens is 378 g/mol. The summed E-state index contributed by atoms with van der Waals surface area (Å²) in [6.45, 7) is 10.4. The second-order valence-electron chi connectivity index (χ2n) is 8.62. The lowest BCUT2D eigenvalue weighted by Crippen LogP contribution is -2.24. The van der Waals surface area contributed by atoms with Gasteiger partial charge in [-0.25, -0.2) is 0 Å². The molecule has 0 radical (unpaired) electrons. The van der Waals surface area contributed by atoms with Crippen LogP contribution in [0.25, 0.3) is 22.2 Å². The van der Waals surface area contributed by atoms with Crippen molar-refractivity contribution in [1.29, 1.82) is 0 Å². The zero-order chi connectivity index (χ0) is 21.5. The normalized spacial score (nSPS) is 11.8. The molecule has 0 unspecified atom stereocenters. The maximum Gasteiger partial charge on any atom is 0.315 e. The lowest BCUT2D eigenvalue weighted by atomic mass is 9.96. The van der Waals surface area contributed by atoms with Gasteiger partial charge in [-0.1, -0.05) is 49.7 Å². The first-order valence-corrected chi connectivity index (χ1v) is 9.89. The average molecular weight is 403 g/mol. The van der Waals surface area contributed by atoms with E-state index in [4.69, 9.17) is 4.52 Å². The van der Waals surface area contributed by atoms with Crippen molar-refractivity contribution >= 4 is 16.8 Å². The number of hydrogen-bond donors (Lipinski definition) is 2. The molecule has 4 rings (SSSR count). The van der Waals surface area contributed by atoms with Gasteiger partial charge in [0.05, 0.1) is 11.2 Å². The first-order valence-electron chi connectivity index (χ1n) is 9.89. The number of aromatic nitrogens is 4. The molecule has 1 amide bonds. The highest BCUT2D eigenvalue weighted by molar-refractivity contribution is 5.93. The maximum absolute atomic E-state index is 12.4. The molecular formula is C23H25N5O2. The Morgan fingerprint density at radius 3 is 2.63 bits per heavy atom. The minimum atomic E-state index is -0.379. The van der Waals surface area contributed by atoms with Crippen molar-refractivity contribution < 1.29 is 9.32 Å². The van der Waals surface area contributed by atoms with E-state index in [1.807, 2.05) is 45.9 Å². The minimum Gasteiger partial charge on any atom is -0.344 e. The van der Waals surface area contributed by atoms with E-state index in [0.717, 1.165) is 33.3 Å². The van der Waals surface area contributed by atoms with E-state index in [2.05, 4.69) is 50.8 Å². The Hall–Kier alpha value is -3.48. The zero-order valence-corrected chi connectivity index (χ0v) is 17.8. The molecule has 0 aliphatic carbocycles.